The van der Waals surface area contributed by atoms with E-state index in [9.17, 15) is 0 Å². The monoisotopic (exact) mass is 630 g/mol. The summed E-state index contributed by atoms with van der Waals surface area (Å²) in [6.07, 6.45) is 20.1. The number of rotatable bonds is 13. The maximum absolute atomic E-state index is 4.78. The summed E-state index contributed by atoms with van der Waals surface area (Å²) >= 11 is 0. The van der Waals surface area contributed by atoms with Crippen molar-refractivity contribution in [2.24, 2.45) is 5.41 Å². The lowest BCUT2D eigenvalue weighted by Crippen LogP contribution is -2.34. The van der Waals surface area contributed by atoms with E-state index in [2.05, 4.69) is 125 Å². The number of hydrogen-bond donors (Lipinski definition) is 1. The Morgan fingerprint density at radius 3 is 2.33 bits per heavy atom. The van der Waals surface area contributed by atoms with E-state index in [1.165, 1.54) is 42.5 Å². The first-order valence-electron chi connectivity index (χ1n) is 17.5. The standard InChI is InChI=1S/C30H41N5.C8H16.C2H6.CH4/c1-6-8-10-15-23(3)31-20-21-34-22-24-16-11-9-12-17-25(24)29-28(26-18-13-14-19-27(26)34)32-33-35(29)30(4,5)7-2;1-5-7-8(3,4)6-2;1-2;/h11-14,16-19,31H,3,6-10,15,20-22H2,1-2,4-5H3;5H,1,6-7H2,2-4H3;1-2H3;1H4. The summed E-state index contributed by atoms with van der Waals surface area (Å²) in [5.41, 5.74) is 8.49. The number of anilines is 1. The predicted octanol–water partition coefficient (Wildman–Crippen LogP) is 11.5. The quantitative estimate of drug-likeness (QED) is 0.177. The summed E-state index contributed by atoms with van der Waals surface area (Å²) in [7, 11) is 0. The molecule has 2 aliphatic rings. The van der Waals surface area contributed by atoms with Gasteiger partial charge in [-0.2, -0.15) is 0 Å². The molecule has 0 saturated carbocycles. The van der Waals surface area contributed by atoms with Crippen molar-refractivity contribution >= 4 is 11.3 Å². The van der Waals surface area contributed by atoms with Crippen molar-refractivity contribution in [3.8, 4) is 11.3 Å². The number of allylic oxidation sites excluding steroid dienone is 6. The normalized spacial score (nSPS) is 13.6. The van der Waals surface area contributed by atoms with Gasteiger partial charge in [-0.15, -0.1) is 11.7 Å². The fourth-order valence-corrected chi connectivity index (χ4v) is 5.34. The topological polar surface area (TPSA) is 46.0 Å². The average Bonchev–Trinajstić information content (AvgIpc) is 3.35. The Morgan fingerprint density at radius 2 is 1.70 bits per heavy atom. The molecule has 46 heavy (non-hydrogen) atoms. The van der Waals surface area contributed by atoms with E-state index in [4.69, 9.17) is 10.3 Å². The van der Waals surface area contributed by atoms with Crippen LogP contribution >= 0.6 is 0 Å². The Morgan fingerprint density at radius 1 is 1.00 bits per heavy atom. The molecular formula is C41H67N5. The Labute approximate surface area is 283 Å². The Balaban J connectivity index is 0.000000842. The second-order valence-electron chi connectivity index (χ2n) is 13.3. The molecule has 0 atom stereocenters. The van der Waals surface area contributed by atoms with E-state index in [-0.39, 0.29) is 13.0 Å². The van der Waals surface area contributed by atoms with E-state index < -0.39 is 0 Å². The molecule has 1 aliphatic carbocycles. The molecule has 1 aromatic heterocycles. The van der Waals surface area contributed by atoms with E-state index in [1.807, 2.05) is 19.9 Å². The van der Waals surface area contributed by atoms with Crippen molar-refractivity contribution < 1.29 is 0 Å². The summed E-state index contributed by atoms with van der Waals surface area (Å²) in [4.78, 5) is 2.48. The molecule has 0 spiro atoms. The third kappa shape index (κ3) is 11.2. The second-order valence-corrected chi connectivity index (χ2v) is 13.3. The lowest BCUT2D eigenvalue weighted by molar-refractivity contribution is 0.298. The van der Waals surface area contributed by atoms with Gasteiger partial charge in [-0.05, 0) is 63.0 Å². The van der Waals surface area contributed by atoms with Crippen molar-refractivity contribution in [1.29, 1.82) is 0 Å². The van der Waals surface area contributed by atoms with Crippen molar-refractivity contribution in [2.45, 2.75) is 127 Å². The van der Waals surface area contributed by atoms with Crippen LogP contribution in [0, 0.1) is 5.41 Å². The second kappa shape index (κ2) is 20.0. The van der Waals surface area contributed by atoms with Gasteiger partial charge in [0.25, 0.3) is 0 Å². The predicted molar refractivity (Wildman–Crippen MR) is 205 cm³/mol. The third-order valence-electron chi connectivity index (χ3n) is 8.94. The van der Waals surface area contributed by atoms with Crippen LogP contribution in [-0.4, -0.2) is 34.6 Å². The summed E-state index contributed by atoms with van der Waals surface area (Å²) < 4.78 is 2.15. The zero-order chi connectivity index (χ0) is 33.5. The first-order valence-corrected chi connectivity index (χ1v) is 17.5. The first kappa shape index (κ1) is 40.7. The highest BCUT2D eigenvalue weighted by atomic mass is 15.5. The summed E-state index contributed by atoms with van der Waals surface area (Å²) in [6.45, 7) is 30.2. The van der Waals surface area contributed by atoms with Crippen molar-refractivity contribution in [3.63, 3.8) is 0 Å². The molecule has 2 heterocycles. The average molecular weight is 630 g/mol. The minimum Gasteiger partial charge on any atom is -0.387 e. The van der Waals surface area contributed by atoms with Crippen LogP contribution in [0.3, 0.4) is 0 Å². The third-order valence-corrected chi connectivity index (χ3v) is 8.94. The van der Waals surface area contributed by atoms with Crippen LogP contribution < -0.4 is 10.2 Å². The molecule has 5 nitrogen and oxygen atoms in total. The number of nitrogens with one attached hydrogen (secondary N) is 1. The number of hydrogen-bond acceptors (Lipinski definition) is 4. The number of aromatic nitrogens is 3. The van der Waals surface area contributed by atoms with Crippen LogP contribution in [0.25, 0.3) is 16.8 Å². The zero-order valence-electron chi connectivity index (χ0n) is 30.2. The minimum atomic E-state index is -0.127. The van der Waals surface area contributed by atoms with Gasteiger partial charge in [0.1, 0.15) is 5.69 Å². The highest BCUT2D eigenvalue weighted by Crippen LogP contribution is 2.41. The molecular weight excluding hydrogens is 562 g/mol. The maximum atomic E-state index is 4.78. The molecule has 2 aromatic rings. The number of para-hydroxylation sites is 1. The molecule has 0 fully saturated rings. The molecule has 4 rings (SSSR count). The molecule has 1 N–H and O–H groups in total. The maximum Gasteiger partial charge on any atom is 0.123 e. The van der Waals surface area contributed by atoms with Gasteiger partial charge in [-0.3, -0.25) is 0 Å². The van der Waals surface area contributed by atoms with E-state index >= 15 is 0 Å². The molecule has 0 bridgehead atoms. The van der Waals surface area contributed by atoms with E-state index in [1.54, 1.807) is 0 Å². The van der Waals surface area contributed by atoms with Gasteiger partial charge >= 0.3 is 0 Å². The molecule has 0 amide bonds. The van der Waals surface area contributed by atoms with Crippen LogP contribution in [0.15, 0.2) is 79.1 Å². The molecule has 256 valence electrons. The number of benzene rings is 1. The van der Waals surface area contributed by atoms with Crippen molar-refractivity contribution in [2.75, 3.05) is 24.5 Å². The largest absolute Gasteiger partial charge is 0.387 e. The zero-order valence-corrected chi connectivity index (χ0v) is 30.2. The molecule has 1 aromatic carbocycles. The lowest BCUT2D eigenvalue weighted by Gasteiger charge is -2.32. The highest BCUT2D eigenvalue weighted by Gasteiger charge is 2.31. The summed E-state index contributed by atoms with van der Waals surface area (Å²) in [6, 6.07) is 8.65. The Bertz CT molecular complexity index is 1300. The summed E-state index contributed by atoms with van der Waals surface area (Å²) in [5, 5.41) is 13.1. The molecule has 5 heteroatoms. The van der Waals surface area contributed by atoms with Gasteiger partial charge in [-0.1, -0.05) is 136 Å². The highest BCUT2D eigenvalue weighted by molar-refractivity contribution is 5.91. The van der Waals surface area contributed by atoms with E-state index in [0.29, 0.717) is 5.41 Å². The van der Waals surface area contributed by atoms with Gasteiger partial charge in [0.05, 0.1) is 11.2 Å². The van der Waals surface area contributed by atoms with E-state index in [0.717, 1.165) is 68.0 Å². The minimum absolute atomic E-state index is 0. The first-order chi connectivity index (χ1) is 21.6. The number of fused-ring (bicyclic) bond motifs is 4. The SMILES string of the molecule is C.C=C(CCCCC)NCCN1CC2=C(C=CCC=C2)c2c(nnn2C(C)(C)CC)-c2ccccc21.C=CCC(C)(C)CC.CC. The molecule has 0 unspecified atom stereocenters. The fourth-order valence-electron chi connectivity index (χ4n) is 5.34. The number of unbranched alkanes of at least 4 members (excludes halogenated alkanes) is 2. The van der Waals surface area contributed by atoms with Crippen LogP contribution in [0.1, 0.15) is 127 Å². The van der Waals surface area contributed by atoms with Gasteiger partial charge < -0.3 is 10.2 Å². The van der Waals surface area contributed by atoms with Crippen LogP contribution in [-0.2, 0) is 5.54 Å². The molecule has 1 aliphatic heterocycles. The van der Waals surface area contributed by atoms with Gasteiger partial charge in [-0.25, -0.2) is 4.68 Å². The lowest BCUT2D eigenvalue weighted by atomic mass is 9.87. The molecule has 0 radical (unpaired) electrons. The van der Waals surface area contributed by atoms with Crippen LogP contribution in [0.4, 0.5) is 5.69 Å². The van der Waals surface area contributed by atoms with Crippen molar-refractivity contribution in [1.82, 2.24) is 20.3 Å². The van der Waals surface area contributed by atoms with Gasteiger partial charge in [0.2, 0.25) is 0 Å². The van der Waals surface area contributed by atoms with Gasteiger partial charge in [0, 0.05) is 42.2 Å². The smallest absolute Gasteiger partial charge is 0.123 e. The molecule has 0 saturated heterocycles. The summed E-state index contributed by atoms with van der Waals surface area (Å²) in [5.74, 6) is 0. The van der Waals surface area contributed by atoms with Crippen molar-refractivity contribution in [3.05, 3.63) is 84.8 Å². The van der Waals surface area contributed by atoms with Crippen LogP contribution in [0.5, 0.6) is 0 Å². The van der Waals surface area contributed by atoms with Crippen LogP contribution in [0.2, 0.25) is 0 Å². The Hall–Kier alpha value is -3.34. The fraction of sp³-hybridized carbons (Fsp3) is 0.561. The van der Waals surface area contributed by atoms with Gasteiger partial charge in [0.15, 0.2) is 0 Å². The number of nitrogens with zero attached hydrogens (tertiary/aromatic N) is 4. The Kier molecular flexibility index (Phi) is 17.7.